The van der Waals surface area contributed by atoms with Crippen molar-refractivity contribution in [1.29, 1.82) is 0 Å². The van der Waals surface area contributed by atoms with Crippen LogP contribution in [0.25, 0.3) is 0 Å². The zero-order valence-electron chi connectivity index (χ0n) is 7.87. The average molecular weight is 226 g/mol. The van der Waals surface area contributed by atoms with Crippen LogP contribution in [0.2, 0.25) is 0 Å². The van der Waals surface area contributed by atoms with Crippen molar-refractivity contribution in [2.45, 2.75) is 24.9 Å². The topological polar surface area (TPSA) is 70.5 Å². The molecular weight excluding hydrogens is 216 g/mol. The van der Waals surface area contributed by atoms with Crippen LogP contribution in [-0.2, 0) is 9.59 Å². The third-order valence-electron chi connectivity index (χ3n) is 2.31. The Balaban J connectivity index is 2.25. The lowest BCUT2D eigenvalue weighted by molar-refractivity contribution is -0.147. The van der Waals surface area contributed by atoms with Crippen molar-refractivity contribution in [2.75, 3.05) is 0 Å². The maximum absolute atomic E-state index is 11.1. The van der Waals surface area contributed by atoms with E-state index >= 15 is 0 Å². The number of aliphatic carboxylic acids is 1. The van der Waals surface area contributed by atoms with Gasteiger partial charge in [-0.15, -0.1) is 11.3 Å². The van der Waals surface area contributed by atoms with Crippen molar-refractivity contribution in [1.82, 2.24) is 9.88 Å². The highest BCUT2D eigenvalue weighted by Crippen LogP contribution is 2.33. The van der Waals surface area contributed by atoms with Crippen LogP contribution in [0.15, 0.2) is 11.6 Å². The number of carboxylic acids is 1. The number of thiazole rings is 1. The van der Waals surface area contributed by atoms with Crippen LogP contribution in [0.1, 0.15) is 23.9 Å². The van der Waals surface area contributed by atoms with Gasteiger partial charge in [0.05, 0.1) is 0 Å². The molecule has 1 aliphatic carbocycles. The second-order valence-electron chi connectivity index (χ2n) is 3.39. The summed E-state index contributed by atoms with van der Waals surface area (Å²) in [5, 5.41) is 11.3. The van der Waals surface area contributed by atoms with E-state index in [0.29, 0.717) is 11.4 Å². The van der Waals surface area contributed by atoms with Crippen LogP contribution in [0.3, 0.4) is 0 Å². The van der Waals surface area contributed by atoms with Crippen molar-refractivity contribution in [3.63, 3.8) is 0 Å². The van der Waals surface area contributed by atoms with Gasteiger partial charge in [-0.3, -0.25) is 4.79 Å². The minimum Gasteiger partial charge on any atom is -0.479 e. The zero-order chi connectivity index (χ0) is 10.8. The van der Waals surface area contributed by atoms with Crippen molar-refractivity contribution < 1.29 is 14.7 Å². The molecule has 1 heterocycles. The Morgan fingerprint density at radius 1 is 1.73 bits per heavy atom. The molecule has 2 rings (SSSR count). The van der Waals surface area contributed by atoms with Crippen LogP contribution < -0.4 is 0 Å². The standard InChI is InChI=1S/C9H10N2O3S/c12-5-11(6-1-2-6)7(9(13)14)8-10-3-4-15-8/h3-7H,1-2H2,(H,13,14). The Kier molecular flexibility index (Phi) is 2.68. The van der Waals surface area contributed by atoms with Crippen LogP contribution >= 0.6 is 11.3 Å². The molecule has 1 atom stereocenters. The average Bonchev–Trinajstić information content (AvgIpc) is 2.90. The summed E-state index contributed by atoms with van der Waals surface area (Å²) in [5.41, 5.74) is 0. The Hall–Kier alpha value is -1.43. The van der Waals surface area contributed by atoms with Gasteiger partial charge in [-0.05, 0) is 12.8 Å². The molecule has 0 aliphatic heterocycles. The summed E-state index contributed by atoms with van der Waals surface area (Å²) in [4.78, 5) is 27.3. The maximum atomic E-state index is 11.1. The van der Waals surface area contributed by atoms with Crippen molar-refractivity contribution >= 4 is 23.7 Å². The van der Waals surface area contributed by atoms with Gasteiger partial charge in [-0.25, -0.2) is 9.78 Å². The monoisotopic (exact) mass is 226 g/mol. The lowest BCUT2D eigenvalue weighted by atomic mass is 10.2. The molecule has 1 N–H and O–H groups in total. The molecule has 1 aromatic rings. The van der Waals surface area contributed by atoms with Gasteiger partial charge in [-0.2, -0.15) is 0 Å². The molecule has 1 aliphatic rings. The summed E-state index contributed by atoms with van der Waals surface area (Å²) < 4.78 is 0. The summed E-state index contributed by atoms with van der Waals surface area (Å²) in [6.45, 7) is 0. The van der Waals surface area contributed by atoms with E-state index in [2.05, 4.69) is 4.98 Å². The van der Waals surface area contributed by atoms with Crippen LogP contribution in [-0.4, -0.2) is 33.4 Å². The lowest BCUT2D eigenvalue weighted by Crippen LogP contribution is -2.34. The molecule has 1 fully saturated rings. The molecule has 1 saturated carbocycles. The minimum absolute atomic E-state index is 0.0764. The number of amides is 1. The van der Waals surface area contributed by atoms with E-state index in [4.69, 9.17) is 5.11 Å². The molecular formula is C9H10N2O3S. The summed E-state index contributed by atoms with van der Waals surface area (Å²) in [5.74, 6) is -1.02. The lowest BCUT2D eigenvalue weighted by Gasteiger charge is -2.22. The minimum atomic E-state index is -1.02. The quantitative estimate of drug-likeness (QED) is 0.757. The van der Waals surface area contributed by atoms with Crippen molar-refractivity contribution in [3.8, 4) is 0 Å². The molecule has 80 valence electrons. The fourth-order valence-electron chi connectivity index (χ4n) is 1.46. The fourth-order valence-corrected chi connectivity index (χ4v) is 2.19. The maximum Gasteiger partial charge on any atom is 0.333 e. The first kappa shape index (κ1) is 10.1. The smallest absolute Gasteiger partial charge is 0.333 e. The predicted octanol–water partition coefficient (Wildman–Crippen LogP) is 0.890. The van der Waals surface area contributed by atoms with Gasteiger partial charge in [0.15, 0.2) is 6.04 Å². The second kappa shape index (κ2) is 3.98. The van der Waals surface area contributed by atoms with Gasteiger partial charge in [0.25, 0.3) is 0 Å². The Morgan fingerprint density at radius 3 is 2.87 bits per heavy atom. The first-order chi connectivity index (χ1) is 7.24. The number of hydrogen-bond acceptors (Lipinski definition) is 4. The Labute approximate surface area is 90.4 Å². The highest BCUT2D eigenvalue weighted by molar-refractivity contribution is 7.09. The number of hydrogen-bond donors (Lipinski definition) is 1. The first-order valence-electron chi connectivity index (χ1n) is 4.59. The van der Waals surface area contributed by atoms with E-state index < -0.39 is 12.0 Å². The van der Waals surface area contributed by atoms with Crippen LogP contribution in [0.5, 0.6) is 0 Å². The molecule has 0 radical (unpaired) electrons. The largest absolute Gasteiger partial charge is 0.479 e. The molecule has 6 heteroatoms. The fraction of sp³-hybridized carbons (Fsp3) is 0.444. The first-order valence-corrected chi connectivity index (χ1v) is 5.47. The number of rotatable bonds is 5. The molecule has 1 aromatic heterocycles. The number of carbonyl (C=O) groups is 2. The molecule has 0 bridgehead atoms. The van der Waals surface area contributed by atoms with Crippen molar-refractivity contribution in [2.24, 2.45) is 0 Å². The van der Waals surface area contributed by atoms with Gasteiger partial charge < -0.3 is 10.0 Å². The third-order valence-corrected chi connectivity index (χ3v) is 3.14. The van der Waals surface area contributed by atoms with Crippen molar-refractivity contribution in [3.05, 3.63) is 16.6 Å². The highest BCUT2D eigenvalue weighted by Gasteiger charge is 2.38. The summed E-state index contributed by atoms with van der Waals surface area (Å²) in [7, 11) is 0. The Bertz CT molecular complexity index is 361. The molecule has 15 heavy (non-hydrogen) atoms. The normalized spacial score (nSPS) is 17.1. The number of nitrogens with zero attached hydrogens (tertiary/aromatic N) is 2. The SMILES string of the molecule is O=CN(C1CC1)C(C(=O)O)c1nccs1. The van der Waals surface area contributed by atoms with Gasteiger partial charge in [0.2, 0.25) is 6.41 Å². The van der Waals surface area contributed by atoms with Gasteiger partial charge in [0, 0.05) is 17.6 Å². The zero-order valence-corrected chi connectivity index (χ0v) is 8.68. The molecule has 5 nitrogen and oxygen atoms in total. The summed E-state index contributed by atoms with van der Waals surface area (Å²) in [6.07, 6.45) is 3.92. The molecule has 1 amide bonds. The number of carboxylic acid groups (broad SMARTS) is 1. The van der Waals surface area contributed by atoms with Gasteiger partial charge in [-0.1, -0.05) is 0 Å². The summed E-state index contributed by atoms with van der Waals surface area (Å²) >= 11 is 1.26. The van der Waals surface area contributed by atoms with E-state index in [1.165, 1.54) is 16.2 Å². The van der Waals surface area contributed by atoms with Crippen LogP contribution in [0, 0.1) is 0 Å². The Morgan fingerprint density at radius 2 is 2.47 bits per heavy atom. The van der Waals surface area contributed by atoms with E-state index in [9.17, 15) is 9.59 Å². The molecule has 0 saturated heterocycles. The highest BCUT2D eigenvalue weighted by atomic mass is 32.1. The molecule has 0 spiro atoms. The predicted molar refractivity (Wildman–Crippen MR) is 53.4 cm³/mol. The van der Waals surface area contributed by atoms with Crippen LogP contribution in [0.4, 0.5) is 0 Å². The second-order valence-corrected chi connectivity index (χ2v) is 4.32. The summed E-state index contributed by atoms with van der Waals surface area (Å²) in [6, 6.07) is -0.845. The molecule has 1 unspecified atom stereocenters. The van der Waals surface area contributed by atoms with Gasteiger partial charge >= 0.3 is 5.97 Å². The molecule has 0 aromatic carbocycles. The van der Waals surface area contributed by atoms with E-state index in [1.54, 1.807) is 11.6 Å². The number of carbonyl (C=O) groups excluding carboxylic acids is 1. The third kappa shape index (κ3) is 1.99. The van der Waals surface area contributed by atoms with E-state index in [0.717, 1.165) is 12.8 Å². The van der Waals surface area contributed by atoms with E-state index in [-0.39, 0.29) is 6.04 Å². The van der Waals surface area contributed by atoms with E-state index in [1.807, 2.05) is 0 Å². The van der Waals surface area contributed by atoms with Gasteiger partial charge in [0.1, 0.15) is 5.01 Å². The number of aromatic nitrogens is 1.